The van der Waals surface area contributed by atoms with Crippen LogP contribution in [-0.2, 0) is 11.3 Å². The van der Waals surface area contributed by atoms with Crippen molar-refractivity contribution in [3.8, 4) is 0 Å². The van der Waals surface area contributed by atoms with Gasteiger partial charge in [0.2, 0.25) is 0 Å². The van der Waals surface area contributed by atoms with Crippen molar-refractivity contribution < 1.29 is 19.7 Å². The van der Waals surface area contributed by atoms with Gasteiger partial charge >= 0.3 is 6.09 Å². The van der Waals surface area contributed by atoms with Crippen molar-refractivity contribution in [1.82, 2.24) is 5.32 Å². The Morgan fingerprint density at radius 1 is 1.20 bits per heavy atom. The summed E-state index contributed by atoms with van der Waals surface area (Å²) in [6.45, 7) is 2.27. The summed E-state index contributed by atoms with van der Waals surface area (Å²) < 4.78 is 6.00. The summed E-state index contributed by atoms with van der Waals surface area (Å²) in [5.41, 5.74) is 2.46. The van der Waals surface area contributed by atoms with E-state index in [0.29, 0.717) is 5.56 Å². The lowest BCUT2D eigenvalue weighted by Gasteiger charge is -2.20. The Bertz CT molecular complexity index is 693. The van der Waals surface area contributed by atoms with Crippen LogP contribution in [0.4, 0.5) is 4.79 Å². The third-order valence-corrected chi connectivity index (χ3v) is 4.33. The number of aliphatic hydroxyl groups excluding tert-OH is 2. The number of ether oxygens (including phenoxy) is 1. The van der Waals surface area contributed by atoms with Gasteiger partial charge in [-0.15, -0.1) is 0 Å². The number of rotatable bonds is 7. The fourth-order valence-corrected chi connectivity index (χ4v) is 2.91. The minimum Gasteiger partial charge on any atom is -0.445 e. The second-order valence-electron chi connectivity index (χ2n) is 5.79. The van der Waals surface area contributed by atoms with E-state index in [1.165, 1.54) is 0 Å². The van der Waals surface area contributed by atoms with Gasteiger partial charge in [-0.25, -0.2) is 4.79 Å². The number of carbonyl (C=O) groups is 1. The van der Waals surface area contributed by atoms with E-state index in [2.05, 4.69) is 21.2 Å². The van der Waals surface area contributed by atoms with E-state index in [4.69, 9.17) is 4.74 Å². The smallest absolute Gasteiger partial charge is 0.407 e. The highest BCUT2D eigenvalue weighted by atomic mass is 79.9. The third kappa shape index (κ3) is 6.16. The lowest BCUT2D eigenvalue weighted by atomic mass is 9.98. The Morgan fingerprint density at radius 2 is 1.92 bits per heavy atom. The number of hydrogen-bond donors (Lipinski definition) is 3. The van der Waals surface area contributed by atoms with Crippen molar-refractivity contribution in [2.24, 2.45) is 0 Å². The van der Waals surface area contributed by atoms with Crippen LogP contribution in [-0.4, -0.2) is 29.0 Å². The lowest BCUT2D eigenvalue weighted by molar-refractivity contribution is 0.0132. The van der Waals surface area contributed by atoms with Gasteiger partial charge in [0, 0.05) is 11.0 Å². The molecule has 2 aromatic rings. The molecule has 0 aliphatic carbocycles. The van der Waals surface area contributed by atoms with Crippen molar-refractivity contribution in [1.29, 1.82) is 0 Å². The van der Waals surface area contributed by atoms with Crippen LogP contribution in [0.3, 0.4) is 0 Å². The lowest BCUT2D eigenvalue weighted by Crippen LogP contribution is -2.30. The molecule has 2 rings (SSSR count). The summed E-state index contributed by atoms with van der Waals surface area (Å²) in [5.74, 6) is 0. The normalized spacial score (nSPS) is 13.1. The number of nitrogens with one attached hydrogen (secondary N) is 1. The van der Waals surface area contributed by atoms with E-state index in [0.717, 1.165) is 15.6 Å². The first-order valence-corrected chi connectivity index (χ1v) is 8.83. The molecule has 0 spiro atoms. The van der Waals surface area contributed by atoms with Crippen molar-refractivity contribution >= 4 is 22.0 Å². The first-order chi connectivity index (χ1) is 12.0. The summed E-state index contributed by atoms with van der Waals surface area (Å²) in [7, 11) is 0. The van der Waals surface area contributed by atoms with Gasteiger partial charge < -0.3 is 20.3 Å². The van der Waals surface area contributed by atoms with E-state index in [1.54, 1.807) is 6.07 Å². The third-order valence-electron chi connectivity index (χ3n) is 3.84. The van der Waals surface area contributed by atoms with Gasteiger partial charge in [-0.2, -0.15) is 0 Å². The predicted octanol–water partition coefficient (Wildman–Crippen LogP) is 3.47. The monoisotopic (exact) mass is 407 g/mol. The van der Waals surface area contributed by atoms with Crippen LogP contribution >= 0.6 is 15.9 Å². The number of amides is 1. The molecule has 0 bridgehead atoms. The Kier molecular flexibility index (Phi) is 7.43. The van der Waals surface area contributed by atoms with Crippen molar-refractivity contribution in [3.63, 3.8) is 0 Å². The molecule has 0 saturated heterocycles. The molecule has 6 heteroatoms. The highest BCUT2D eigenvalue weighted by molar-refractivity contribution is 9.10. The minimum absolute atomic E-state index is 0.190. The zero-order valence-corrected chi connectivity index (χ0v) is 15.6. The molecule has 3 N–H and O–H groups in total. The number of carbonyl (C=O) groups excluding carboxylic acids is 1. The number of hydrogen-bond acceptors (Lipinski definition) is 4. The van der Waals surface area contributed by atoms with Crippen molar-refractivity contribution in [3.05, 3.63) is 69.7 Å². The van der Waals surface area contributed by atoms with Gasteiger partial charge in [0.05, 0.1) is 6.10 Å². The molecule has 0 saturated carbocycles. The standard InChI is InChI=1S/C19H22BrNO4/c1-13-11-15(20)7-8-16(13)18(23)17(22)9-10-21-19(24)25-12-14-5-3-2-4-6-14/h2-8,11,17-18,22-23H,9-10,12H2,1H3,(H,21,24). The van der Waals surface area contributed by atoms with Crippen LogP contribution in [0.1, 0.15) is 29.2 Å². The van der Waals surface area contributed by atoms with Crippen LogP contribution in [0.2, 0.25) is 0 Å². The zero-order chi connectivity index (χ0) is 18.2. The molecule has 0 aliphatic rings. The van der Waals surface area contributed by atoms with Crippen molar-refractivity contribution in [2.75, 3.05) is 6.54 Å². The van der Waals surface area contributed by atoms with Crippen LogP contribution in [0, 0.1) is 6.92 Å². The molecule has 0 radical (unpaired) electrons. The van der Waals surface area contributed by atoms with E-state index in [-0.39, 0.29) is 19.6 Å². The van der Waals surface area contributed by atoms with E-state index in [9.17, 15) is 15.0 Å². The molecular weight excluding hydrogens is 386 g/mol. The fourth-order valence-electron chi connectivity index (χ4n) is 2.43. The fraction of sp³-hybridized carbons (Fsp3) is 0.316. The minimum atomic E-state index is -1.00. The highest BCUT2D eigenvalue weighted by Gasteiger charge is 2.20. The molecule has 0 heterocycles. The molecular formula is C19H22BrNO4. The van der Waals surface area contributed by atoms with Gasteiger partial charge in [-0.05, 0) is 42.2 Å². The van der Waals surface area contributed by atoms with Gasteiger partial charge in [0.25, 0.3) is 0 Å². The summed E-state index contributed by atoms with van der Waals surface area (Å²) in [4.78, 5) is 11.6. The van der Waals surface area contributed by atoms with Crippen LogP contribution in [0.15, 0.2) is 53.0 Å². The van der Waals surface area contributed by atoms with E-state index < -0.39 is 18.3 Å². The first kappa shape index (κ1) is 19.4. The molecule has 25 heavy (non-hydrogen) atoms. The second-order valence-corrected chi connectivity index (χ2v) is 6.71. The largest absolute Gasteiger partial charge is 0.445 e. The maximum absolute atomic E-state index is 11.6. The summed E-state index contributed by atoms with van der Waals surface area (Å²) in [6.07, 6.45) is -2.31. The van der Waals surface area contributed by atoms with Crippen LogP contribution < -0.4 is 5.32 Å². The molecule has 0 aliphatic heterocycles. The topological polar surface area (TPSA) is 78.8 Å². The number of halogens is 1. The van der Waals surface area contributed by atoms with Crippen LogP contribution in [0.25, 0.3) is 0 Å². The van der Waals surface area contributed by atoms with Gasteiger partial charge in [0.15, 0.2) is 0 Å². The summed E-state index contributed by atoms with van der Waals surface area (Å²) >= 11 is 3.37. The second kappa shape index (κ2) is 9.56. The van der Waals surface area contributed by atoms with Gasteiger partial charge in [-0.1, -0.05) is 52.3 Å². The Labute approximate surface area is 155 Å². The van der Waals surface area contributed by atoms with Gasteiger partial charge in [-0.3, -0.25) is 0 Å². The number of aliphatic hydroxyl groups is 2. The molecule has 5 nitrogen and oxygen atoms in total. The molecule has 134 valence electrons. The summed E-state index contributed by atoms with van der Waals surface area (Å²) in [5, 5.41) is 23.0. The number of benzene rings is 2. The Balaban J connectivity index is 1.74. The average Bonchev–Trinajstić information content (AvgIpc) is 2.60. The van der Waals surface area contributed by atoms with Crippen LogP contribution in [0.5, 0.6) is 0 Å². The predicted molar refractivity (Wildman–Crippen MR) is 99.1 cm³/mol. The zero-order valence-electron chi connectivity index (χ0n) is 14.0. The maximum atomic E-state index is 11.6. The molecule has 2 unspecified atom stereocenters. The van der Waals surface area contributed by atoms with Crippen molar-refractivity contribution in [2.45, 2.75) is 32.2 Å². The molecule has 2 aromatic carbocycles. The molecule has 0 aromatic heterocycles. The van der Waals surface area contributed by atoms with E-state index in [1.807, 2.05) is 49.4 Å². The number of alkyl carbamates (subject to hydrolysis) is 1. The Morgan fingerprint density at radius 3 is 2.60 bits per heavy atom. The van der Waals surface area contributed by atoms with Gasteiger partial charge in [0.1, 0.15) is 12.7 Å². The number of aryl methyl sites for hydroxylation is 1. The molecule has 2 atom stereocenters. The average molecular weight is 408 g/mol. The first-order valence-electron chi connectivity index (χ1n) is 8.04. The molecule has 1 amide bonds. The Hall–Kier alpha value is -1.89. The maximum Gasteiger partial charge on any atom is 0.407 e. The quantitative estimate of drug-likeness (QED) is 0.656. The van der Waals surface area contributed by atoms with E-state index >= 15 is 0 Å². The molecule has 0 fully saturated rings. The SMILES string of the molecule is Cc1cc(Br)ccc1C(O)C(O)CCNC(=O)OCc1ccccc1. The highest BCUT2D eigenvalue weighted by Crippen LogP contribution is 2.25. The summed E-state index contributed by atoms with van der Waals surface area (Å²) in [6, 6.07) is 14.8.